The summed E-state index contributed by atoms with van der Waals surface area (Å²) in [5.41, 5.74) is 2.09. The fourth-order valence-corrected chi connectivity index (χ4v) is 3.24. The van der Waals surface area contributed by atoms with E-state index in [1.54, 1.807) is 11.3 Å². The van der Waals surface area contributed by atoms with Crippen LogP contribution in [0.15, 0.2) is 23.6 Å². The molecule has 1 atom stereocenters. The van der Waals surface area contributed by atoms with Crippen LogP contribution < -0.4 is 5.32 Å². The minimum absolute atomic E-state index is 0.141. The van der Waals surface area contributed by atoms with Gasteiger partial charge in [0.15, 0.2) is 0 Å². The number of aromatic nitrogens is 1. The van der Waals surface area contributed by atoms with Crippen LogP contribution in [-0.4, -0.2) is 11.5 Å². The molecule has 1 aromatic carbocycles. The largest absolute Gasteiger partial charge is 0.310 e. The van der Waals surface area contributed by atoms with Crippen LogP contribution in [0.25, 0.3) is 0 Å². The first kappa shape index (κ1) is 14.8. The lowest BCUT2D eigenvalue weighted by atomic mass is 10.0. The van der Waals surface area contributed by atoms with Crippen molar-refractivity contribution in [2.45, 2.75) is 26.3 Å². The van der Waals surface area contributed by atoms with Crippen LogP contribution >= 0.6 is 34.5 Å². The van der Waals surface area contributed by atoms with Crippen LogP contribution in [0.3, 0.4) is 0 Å². The topological polar surface area (TPSA) is 24.9 Å². The summed E-state index contributed by atoms with van der Waals surface area (Å²) in [5.74, 6) is 0. The molecule has 102 valence electrons. The predicted molar refractivity (Wildman–Crippen MR) is 83.4 cm³/mol. The van der Waals surface area contributed by atoms with Gasteiger partial charge in [0.05, 0.1) is 5.01 Å². The maximum absolute atomic E-state index is 6.28. The summed E-state index contributed by atoms with van der Waals surface area (Å²) in [6.45, 7) is 4.96. The van der Waals surface area contributed by atoms with E-state index in [0.717, 1.165) is 34.3 Å². The summed E-state index contributed by atoms with van der Waals surface area (Å²) in [6.07, 6.45) is 0.826. The number of rotatable bonds is 5. The van der Waals surface area contributed by atoms with Crippen molar-refractivity contribution >= 4 is 34.5 Å². The Bertz CT molecular complexity index is 554. The molecule has 5 heteroatoms. The molecule has 0 saturated carbocycles. The van der Waals surface area contributed by atoms with E-state index in [1.165, 1.54) is 0 Å². The van der Waals surface area contributed by atoms with Crippen LogP contribution in [0, 0.1) is 6.92 Å². The van der Waals surface area contributed by atoms with E-state index < -0.39 is 0 Å². The lowest BCUT2D eigenvalue weighted by Gasteiger charge is -2.18. The second-order valence-corrected chi connectivity index (χ2v) is 6.15. The molecule has 0 radical (unpaired) electrons. The van der Waals surface area contributed by atoms with E-state index >= 15 is 0 Å². The van der Waals surface area contributed by atoms with Crippen molar-refractivity contribution in [1.29, 1.82) is 0 Å². The van der Waals surface area contributed by atoms with Crippen molar-refractivity contribution in [3.05, 3.63) is 49.9 Å². The fourth-order valence-electron chi connectivity index (χ4n) is 1.99. The molecule has 19 heavy (non-hydrogen) atoms. The molecular weight excluding hydrogens is 299 g/mol. The Morgan fingerprint density at radius 3 is 2.79 bits per heavy atom. The molecule has 0 spiro atoms. The van der Waals surface area contributed by atoms with Crippen molar-refractivity contribution in [2.75, 3.05) is 6.54 Å². The minimum atomic E-state index is 0.141. The number of halogens is 2. The number of aryl methyl sites for hydroxylation is 1. The summed E-state index contributed by atoms with van der Waals surface area (Å²) in [4.78, 5) is 4.51. The molecule has 0 saturated heterocycles. The highest BCUT2D eigenvalue weighted by Crippen LogP contribution is 2.29. The molecule has 1 unspecified atom stereocenters. The van der Waals surface area contributed by atoms with Gasteiger partial charge < -0.3 is 5.32 Å². The van der Waals surface area contributed by atoms with Gasteiger partial charge in [0, 0.05) is 33.6 Å². The highest BCUT2D eigenvalue weighted by molar-refractivity contribution is 7.09. The van der Waals surface area contributed by atoms with E-state index in [-0.39, 0.29) is 6.04 Å². The van der Waals surface area contributed by atoms with E-state index in [4.69, 9.17) is 23.2 Å². The Morgan fingerprint density at radius 1 is 1.37 bits per heavy atom. The molecule has 1 aromatic heterocycles. The number of hydrogen-bond donors (Lipinski definition) is 1. The fraction of sp³-hybridized carbons (Fsp3) is 0.357. The summed E-state index contributed by atoms with van der Waals surface area (Å²) >= 11 is 14.0. The van der Waals surface area contributed by atoms with Crippen LogP contribution in [0.2, 0.25) is 10.0 Å². The Morgan fingerprint density at radius 2 is 2.16 bits per heavy atom. The van der Waals surface area contributed by atoms with Crippen LogP contribution in [0.5, 0.6) is 0 Å². The Balaban J connectivity index is 2.26. The Hall–Kier alpha value is -0.610. The highest BCUT2D eigenvalue weighted by atomic mass is 35.5. The summed E-state index contributed by atoms with van der Waals surface area (Å²) in [6, 6.07) is 5.72. The average Bonchev–Trinajstić information content (AvgIpc) is 2.77. The third-order valence-corrected chi connectivity index (χ3v) is 4.40. The molecule has 2 nitrogen and oxygen atoms in total. The zero-order valence-electron chi connectivity index (χ0n) is 10.9. The molecule has 0 aliphatic heterocycles. The number of thiazole rings is 1. The first-order valence-electron chi connectivity index (χ1n) is 6.19. The van der Waals surface area contributed by atoms with Gasteiger partial charge in [-0.15, -0.1) is 11.3 Å². The zero-order valence-corrected chi connectivity index (χ0v) is 13.2. The van der Waals surface area contributed by atoms with Crippen LogP contribution in [0.4, 0.5) is 0 Å². The Labute approximate surface area is 127 Å². The average molecular weight is 315 g/mol. The van der Waals surface area contributed by atoms with Crippen molar-refractivity contribution in [1.82, 2.24) is 10.3 Å². The molecule has 2 rings (SSSR count). The van der Waals surface area contributed by atoms with Gasteiger partial charge in [-0.25, -0.2) is 4.98 Å². The number of benzene rings is 1. The van der Waals surface area contributed by atoms with Crippen molar-refractivity contribution < 1.29 is 0 Å². The van der Waals surface area contributed by atoms with Crippen molar-refractivity contribution in [3.8, 4) is 0 Å². The number of likely N-dealkylation sites (N-methyl/N-ethyl adjacent to an activating group) is 1. The summed E-state index contributed by atoms with van der Waals surface area (Å²) in [5, 5.41) is 8.07. The van der Waals surface area contributed by atoms with E-state index in [1.807, 2.05) is 25.1 Å². The van der Waals surface area contributed by atoms with E-state index in [9.17, 15) is 0 Å². The molecule has 1 heterocycles. The van der Waals surface area contributed by atoms with Gasteiger partial charge in [0.2, 0.25) is 0 Å². The molecule has 0 aliphatic carbocycles. The minimum Gasteiger partial charge on any atom is -0.310 e. The van der Waals surface area contributed by atoms with Gasteiger partial charge in [-0.1, -0.05) is 30.1 Å². The van der Waals surface area contributed by atoms with Gasteiger partial charge >= 0.3 is 0 Å². The summed E-state index contributed by atoms with van der Waals surface area (Å²) < 4.78 is 0. The number of nitrogens with zero attached hydrogens (tertiary/aromatic N) is 1. The van der Waals surface area contributed by atoms with Crippen molar-refractivity contribution in [3.63, 3.8) is 0 Å². The second kappa shape index (κ2) is 6.71. The third kappa shape index (κ3) is 3.93. The molecule has 2 aromatic rings. The maximum atomic E-state index is 6.28. The van der Waals surface area contributed by atoms with E-state index in [0.29, 0.717) is 5.02 Å². The number of nitrogens with one attached hydrogen (secondary N) is 1. The summed E-state index contributed by atoms with van der Waals surface area (Å²) in [7, 11) is 0. The van der Waals surface area contributed by atoms with Crippen LogP contribution in [0.1, 0.15) is 29.2 Å². The molecule has 0 fully saturated rings. The third-order valence-electron chi connectivity index (χ3n) is 2.83. The lowest BCUT2D eigenvalue weighted by Crippen LogP contribution is -2.23. The number of hydrogen-bond acceptors (Lipinski definition) is 3. The molecular formula is C14H16Cl2N2S. The molecule has 0 aliphatic rings. The normalized spacial score (nSPS) is 12.6. The first-order valence-corrected chi connectivity index (χ1v) is 7.83. The second-order valence-electron chi connectivity index (χ2n) is 4.36. The first-order chi connectivity index (χ1) is 9.10. The molecule has 1 N–H and O–H groups in total. The predicted octanol–water partition coefficient (Wildman–Crippen LogP) is 4.65. The SMILES string of the molecule is CCNC(Cc1nc(C)cs1)c1cc(Cl)ccc1Cl. The van der Waals surface area contributed by atoms with Gasteiger partial charge in [0.25, 0.3) is 0 Å². The monoisotopic (exact) mass is 314 g/mol. The molecule has 0 amide bonds. The maximum Gasteiger partial charge on any atom is 0.0947 e. The van der Waals surface area contributed by atoms with Crippen LogP contribution in [-0.2, 0) is 6.42 Å². The van der Waals surface area contributed by atoms with Gasteiger partial charge in [-0.3, -0.25) is 0 Å². The molecule has 0 bridgehead atoms. The van der Waals surface area contributed by atoms with Gasteiger partial charge in [0.1, 0.15) is 0 Å². The zero-order chi connectivity index (χ0) is 13.8. The standard InChI is InChI=1S/C14H16Cl2N2S/c1-3-17-13(7-14-18-9(2)8-19-14)11-6-10(15)4-5-12(11)16/h4-6,8,13,17H,3,7H2,1-2H3. The van der Waals surface area contributed by atoms with Gasteiger partial charge in [-0.05, 0) is 37.2 Å². The smallest absolute Gasteiger partial charge is 0.0947 e. The van der Waals surface area contributed by atoms with Gasteiger partial charge in [-0.2, -0.15) is 0 Å². The quantitative estimate of drug-likeness (QED) is 0.868. The van der Waals surface area contributed by atoms with Crippen molar-refractivity contribution in [2.24, 2.45) is 0 Å². The lowest BCUT2D eigenvalue weighted by molar-refractivity contribution is 0.548. The highest BCUT2D eigenvalue weighted by Gasteiger charge is 2.16. The van der Waals surface area contributed by atoms with E-state index in [2.05, 4.69) is 22.6 Å². The Kier molecular flexibility index (Phi) is 5.22.